The van der Waals surface area contributed by atoms with Gasteiger partial charge in [0.2, 0.25) is 0 Å². The van der Waals surface area contributed by atoms with E-state index in [4.69, 9.17) is 9.84 Å². The van der Waals surface area contributed by atoms with Gasteiger partial charge >= 0.3 is 0 Å². The maximum absolute atomic E-state index is 13.4. The normalized spacial score (nSPS) is 10.8. The van der Waals surface area contributed by atoms with Crippen molar-refractivity contribution in [3.05, 3.63) is 88.9 Å². The van der Waals surface area contributed by atoms with Crippen LogP contribution in [0.2, 0.25) is 0 Å². The molecule has 0 saturated heterocycles. The van der Waals surface area contributed by atoms with E-state index in [0.717, 1.165) is 27.4 Å². The molecule has 0 bridgehead atoms. The molecule has 4 rings (SSSR count). The molecule has 0 aliphatic carbocycles. The Morgan fingerprint density at radius 2 is 1.93 bits per heavy atom. The lowest BCUT2D eigenvalue weighted by Crippen LogP contribution is -2.26. The van der Waals surface area contributed by atoms with Crippen molar-refractivity contribution < 1.29 is 9.53 Å². The van der Waals surface area contributed by atoms with Gasteiger partial charge in [0, 0.05) is 25.4 Å². The minimum Gasteiger partial charge on any atom is -0.496 e. The summed E-state index contributed by atoms with van der Waals surface area (Å²) in [5.74, 6) is 0.697. The van der Waals surface area contributed by atoms with Gasteiger partial charge in [0.05, 0.1) is 23.2 Å². The minimum absolute atomic E-state index is 0.0795. The number of nitrogens with zero attached hydrogens (tertiary/aromatic N) is 3. The smallest absolute Gasteiger partial charge is 0.257 e. The summed E-state index contributed by atoms with van der Waals surface area (Å²) in [7, 11) is 3.46. The Morgan fingerprint density at radius 3 is 2.63 bits per heavy atom. The highest BCUT2D eigenvalue weighted by Crippen LogP contribution is 2.29. The van der Waals surface area contributed by atoms with E-state index in [0.29, 0.717) is 17.8 Å². The molecule has 0 aliphatic heterocycles. The van der Waals surface area contributed by atoms with Gasteiger partial charge in [0.15, 0.2) is 0 Å². The maximum Gasteiger partial charge on any atom is 0.257 e. The van der Waals surface area contributed by atoms with E-state index >= 15 is 0 Å². The first-order chi connectivity index (χ1) is 14.6. The number of para-hydroxylation sites is 1. The molecule has 0 atom stereocenters. The molecule has 152 valence electrons. The third-order valence-electron chi connectivity index (χ3n) is 4.91. The molecule has 2 heterocycles. The van der Waals surface area contributed by atoms with E-state index in [1.807, 2.05) is 80.1 Å². The van der Waals surface area contributed by atoms with Gasteiger partial charge in [-0.1, -0.05) is 42.0 Å². The van der Waals surface area contributed by atoms with E-state index in [1.165, 1.54) is 0 Å². The van der Waals surface area contributed by atoms with Gasteiger partial charge in [-0.3, -0.25) is 4.79 Å². The van der Waals surface area contributed by atoms with Crippen LogP contribution >= 0.6 is 11.3 Å². The summed E-state index contributed by atoms with van der Waals surface area (Å²) in [6, 6.07) is 19.8. The molecule has 0 spiro atoms. The van der Waals surface area contributed by atoms with Crippen LogP contribution in [0.5, 0.6) is 5.75 Å². The van der Waals surface area contributed by atoms with Crippen LogP contribution in [0.15, 0.2) is 72.2 Å². The van der Waals surface area contributed by atoms with Crippen molar-refractivity contribution >= 4 is 17.2 Å². The second kappa shape index (κ2) is 8.55. The molecule has 0 saturated carbocycles. The average molecular weight is 418 g/mol. The molecule has 1 amide bonds. The van der Waals surface area contributed by atoms with Gasteiger partial charge in [0.1, 0.15) is 11.4 Å². The van der Waals surface area contributed by atoms with E-state index < -0.39 is 0 Å². The van der Waals surface area contributed by atoms with Crippen LogP contribution in [0.1, 0.15) is 21.5 Å². The van der Waals surface area contributed by atoms with Gasteiger partial charge in [-0.15, -0.1) is 11.3 Å². The van der Waals surface area contributed by atoms with Crippen LogP contribution in [0, 0.1) is 6.92 Å². The first-order valence-electron chi connectivity index (χ1n) is 9.65. The monoisotopic (exact) mass is 417 g/mol. The maximum atomic E-state index is 13.4. The molecule has 0 fully saturated rings. The molecule has 30 heavy (non-hydrogen) atoms. The first-order valence-corrected chi connectivity index (χ1v) is 10.5. The number of hydrogen-bond donors (Lipinski definition) is 0. The molecule has 0 aliphatic rings. The van der Waals surface area contributed by atoms with E-state index in [9.17, 15) is 4.79 Å². The van der Waals surface area contributed by atoms with Crippen LogP contribution in [0.3, 0.4) is 0 Å². The Hall–Kier alpha value is -3.38. The molecule has 2 aromatic heterocycles. The Labute approximate surface area is 180 Å². The number of aryl methyl sites for hydroxylation is 1. The average Bonchev–Trinajstić information content (AvgIpc) is 3.44. The zero-order valence-electron chi connectivity index (χ0n) is 17.2. The second-order valence-electron chi connectivity index (χ2n) is 7.13. The number of methoxy groups -OCH3 is 1. The van der Waals surface area contributed by atoms with Crippen LogP contribution in [0.25, 0.3) is 16.3 Å². The Bertz CT molecular complexity index is 1150. The Morgan fingerprint density at radius 1 is 1.13 bits per heavy atom. The highest BCUT2D eigenvalue weighted by Gasteiger charge is 2.23. The first kappa shape index (κ1) is 19.9. The summed E-state index contributed by atoms with van der Waals surface area (Å²) in [5.41, 5.74) is 4.29. The SMILES string of the molecule is COc1ccc(C)cc1CN(C)C(=O)c1cn(-c2ccccc2)nc1-c1cccs1. The van der Waals surface area contributed by atoms with Crippen molar-refractivity contribution in [2.24, 2.45) is 0 Å². The highest BCUT2D eigenvalue weighted by molar-refractivity contribution is 7.13. The van der Waals surface area contributed by atoms with Crippen LogP contribution in [-0.4, -0.2) is 34.7 Å². The highest BCUT2D eigenvalue weighted by atomic mass is 32.1. The molecule has 0 N–H and O–H groups in total. The third kappa shape index (κ3) is 4.00. The van der Waals surface area contributed by atoms with Crippen LogP contribution < -0.4 is 4.74 Å². The number of thiophene rings is 1. The number of aromatic nitrogens is 2. The van der Waals surface area contributed by atoms with Gasteiger partial charge in [-0.25, -0.2) is 4.68 Å². The fourth-order valence-corrected chi connectivity index (χ4v) is 4.13. The van der Waals surface area contributed by atoms with Crippen molar-refractivity contribution in [1.29, 1.82) is 0 Å². The lowest BCUT2D eigenvalue weighted by Gasteiger charge is -2.19. The summed E-state index contributed by atoms with van der Waals surface area (Å²) < 4.78 is 7.25. The number of benzene rings is 2. The predicted molar refractivity (Wildman–Crippen MR) is 120 cm³/mol. The number of ether oxygens (including phenoxy) is 1. The molecule has 4 aromatic rings. The Kier molecular flexibility index (Phi) is 5.68. The standard InChI is InChI=1S/C24H23N3O2S/c1-17-11-12-21(29-3)18(14-17)15-26(2)24(28)20-16-27(19-8-5-4-6-9-19)25-23(20)22-10-7-13-30-22/h4-14,16H,15H2,1-3H3. The third-order valence-corrected chi connectivity index (χ3v) is 5.79. The quantitative estimate of drug-likeness (QED) is 0.434. The number of amides is 1. The molecule has 5 nitrogen and oxygen atoms in total. The lowest BCUT2D eigenvalue weighted by atomic mass is 10.1. The van der Waals surface area contributed by atoms with E-state index in [-0.39, 0.29) is 5.91 Å². The number of hydrogen-bond acceptors (Lipinski definition) is 4. The summed E-state index contributed by atoms with van der Waals surface area (Å²) in [5, 5.41) is 6.73. The molecular formula is C24H23N3O2S. The van der Waals surface area contributed by atoms with Gasteiger partial charge in [-0.05, 0) is 36.6 Å². The van der Waals surface area contributed by atoms with E-state index in [2.05, 4.69) is 6.07 Å². The summed E-state index contributed by atoms with van der Waals surface area (Å²) in [6.07, 6.45) is 1.82. The Balaban J connectivity index is 1.69. The summed E-state index contributed by atoms with van der Waals surface area (Å²) in [6.45, 7) is 2.48. The topological polar surface area (TPSA) is 47.4 Å². The van der Waals surface area contributed by atoms with Crippen molar-refractivity contribution in [1.82, 2.24) is 14.7 Å². The molecular weight excluding hydrogens is 394 g/mol. The lowest BCUT2D eigenvalue weighted by molar-refractivity contribution is 0.0785. The zero-order chi connectivity index (χ0) is 21.1. The summed E-state index contributed by atoms with van der Waals surface area (Å²) >= 11 is 1.57. The second-order valence-corrected chi connectivity index (χ2v) is 8.07. The number of carbonyl (C=O) groups excluding carboxylic acids is 1. The van der Waals surface area contributed by atoms with Crippen molar-refractivity contribution in [3.63, 3.8) is 0 Å². The van der Waals surface area contributed by atoms with Crippen molar-refractivity contribution in [2.45, 2.75) is 13.5 Å². The predicted octanol–water partition coefficient (Wildman–Crippen LogP) is 5.19. The molecule has 2 aromatic carbocycles. The van der Waals surface area contributed by atoms with Crippen molar-refractivity contribution in [2.75, 3.05) is 14.2 Å². The summed E-state index contributed by atoms with van der Waals surface area (Å²) in [4.78, 5) is 16.1. The molecule has 6 heteroatoms. The van der Waals surface area contributed by atoms with Crippen LogP contribution in [-0.2, 0) is 6.54 Å². The van der Waals surface area contributed by atoms with Gasteiger partial charge in [0.25, 0.3) is 5.91 Å². The van der Waals surface area contributed by atoms with Gasteiger partial charge < -0.3 is 9.64 Å². The number of carbonyl (C=O) groups is 1. The number of rotatable bonds is 6. The van der Waals surface area contributed by atoms with Crippen LogP contribution in [0.4, 0.5) is 0 Å². The fourth-order valence-electron chi connectivity index (χ4n) is 3.40. The zero-order valence-corrected chi connectivity index (χ0v) is 18.0. The fraction of sp³-hybridized carbons (Fsp3) is 0.167. The minimum atomic E-state index is -0.0795. The largest absolute Gasteiger partial charge is 0.496 e. The van der Waals surface area contributed by atoms with Crippen molar-refractivity contribution in [3.8, 4) is 22.0 Å². The van der Waals surface area contributed by atoms with Gasteiger partial charge in [-0.2, -0.15) is 5.10 Å². The molecule has 0 radical (unpaired) electrons. The van der Waals surface area contributed by atoms with E-state index in [1.54, 1.807) is 28.0 Å². The molecule has 0 unspecified atom stereocenters.